The molecule has 0 aliphatic heterocycles. The van der Waals surface area contributed by atoms with Crippen LogP contribution in [0.25, 0.3) is 0 Å². The number of halogens is 3. The summed E-state index contributed by atoms with van der Waals surface area (Å²) in [5, 5.41) is 0. The molecule has 1 aromatic heterocycles. The van der Waals surface area contributed by atoms with E-state index in [2.05, 4.69) is 27.5 Å². The number of esters is 1. The van der Waals surface area contributed by atoms with Crippen molar-refractivity contribution in [1.82, 2.24) is 4.98 Å². The summed E-state index contributed by atoms with van der Waals surface area (Å²) in [4.78, 5) is 25.8. The van der Waals surface area contributed by atoms with Gasteiger partial charge in [0.1, 0.15) is 35.1 Å². The van der Waals surface area contributed by atoms with Gasteiger partial charge in [0.15, 0.2) is 0 Å². The Morgan fingerprint density at radius 2 is 2.08 bits per heavy atom. The Hall–Kier alpha value is -2.48. The number of rotatable bonds is 7. The summed E-state index contributed by atoms with van der Waals surface area (Å²) in [6.07, 6.45) is 1.90. The minimum absolute atomic E-state index is 0.114. The van der Waals surface area contributed by atoms with Gasteiger partial charge in [-0.05, 0) is 34.5 Å². The number of carbonyl (C=O) groups excluding carboxylic acids is 1. The van der Waals surface area contributed by atoms with E-state index in [4.69, 9.17) is 9.47 Å². The van der Waals surface area contributed by atoms with E-state index in [0.717, 1.165) is 12.1 Å². The van der Waals surface area contributed by atoms with Gasteiger partial charge in [0.2, 0.25) is 0 Å². The van der Waals surface area contributed by atoms with Crippen molar-refractivity contribution in [2.75, 3.05) is 0 Å². The van der Waals surface area contributed by atoms with Crippen LogP contribution < -0.4 is 10.3 Å². The second-order valence-electron chi connectivity index (χ2n) is 5.35. The SMILES string of the molecule is C=CCc1c(COC(C)=O)[nH]c(=O)c(Br)c1OCc1ccc(F)cc1F. The summed E-state index contributed by atoms with van der Waals surface area (Å²) in [6, 6.07) is 3.13. The third-order valence-electron chi connectivity index (χ3n) is 3.46. The van der Waals surface area contributed by atoms with Crippen molar-refractivity contribution in [3.8, 4) is 5.75 Å². The van der Waals surface area contributed by atoms with Crippen LogP contribution in [0.15, 0.2) is 40.1 Å². The first-order valence-electron chi connectivity index (χ1n) is 7.58. The third-order valence-corrected chi connectivity index (χ3v) is 4.18. The minimum atomic E-state index is -0.753. The molecule has 0 saturated heterocycles. The quantitative estimate of drug-likeness (QED) is 0.539. The zero-order valence-electron chi connectivity index (χ0n) is 13.9. The maximum absolute atomic E-state index is 13.8. The van der Waals surface area contributed by atoms with Crippen LogP contribution in [0.1, 0.15) is 23.7 Å². The lowest BCUT2D eigenvalue weighted by molar-refractivity contribution is -0.142. The highest BCUT2D eigenvalue weighted by Gasteiger charge is 2.18. The summed E-state index contributed by atoms with van der Waals surface area (Å²) >= 11 is 3.15. The van der Waals surface area contributed by atoms with Crippen molar-refractivity contribution in [3.05, 3.63) is 74.1 Å². The molecule has 8 heteroatoms. The van der Waals surface area contributed by atoms with Crippen LogP contribution in [0.3, 0.4) is 0 Å². The highest BCUT2D eigenvalue weighted by atomic mass is 79.9. The topological polar surface area (TPSA) is 68.4 Å². The van der Waals surface area contributed by atoms with E-state index < -0.39 is 23.2 Å². The van der Waals surface area contributed by atoms with Gasteiger partial charge in [-0.15, -0.1) is 6.58 Å². The standard InChI is InChI=1S/C18H16BrF2NO4/c1-3-4-13-15(9-25-10(2)23)22-18(24)16(19)17(13)26-8-11-5-6-12(20)7-14(11)21/h3,5-7H,1,4,8-9H2,2H3,(H,22,24). The molecule has 0 fully saturated rings. The molecule has 1 heterocycles. The molecule has 1 N–H and O–H groups in total. The Kier molecular flexibility index (Phi) is 6.68. The normalized spacial score (nSPS) is 10.5. The molecule has 0 aliphatic rings. The number of pyridine rings is 1. The number of benzene rings is 1. The van der Waals surface area contributed by atoms with Crippen LogP contribution in [0.2, 0.25) is 0 Å². The number of nitrogens with one attached hydrogen (secondary N) is 1. The summed E-state index contributed by atoms with van der Waals surface area (Å²) in [6.45, 7) is 4.54. The smallest absolute Gasteiger partial charge is 0.303 e. The first kappa shape index (κ1) is 19.8. The van der Waals surface area contributed by atoms with Crippen molar-refractivity contribution < 1.29 is 23.0 Å². The summed E-state index contributed by atoms with van der Waals surface area (Å²) in [5.41, 5.74) is 0.525. The largest absolute Gasteiger partial charge is 0.487 e. The van der Waals surface area contributed by atoms with Crippen LogP contribution in [0.5, 0.6) is 5.75 Å². The minimum Gasteiger partial charge on any atom is -0.487 e. The van der Waals surface area contributed by atoms with Gasteiger partial charge in [0.05, 0.1) is 5.69 Å². The van der Waals surface area contributed by atoms with Gasteiger partial charge in [-0.3, -0.25) is 9.59 Å². The first-order valence-corrected chi connectivity index (χ1v) is 8.37. The highest BCUT2D eigenvalue weighted by molar-refractivity contribution is 9.10. The van der Waals surface area contributed by atoms with Crippen LogP contribution in [0, 0.1) is 11.6 Å². The molecule has 0 radical (unpaired) electrons. The predicted octanol–water partition coefficient (Wildman–Crippen LogP) is 3.79. The number of ether oxygens (including phenoxy) is 2. The maximum atomic E-state index is 13.8. The molecule has 0 saturated carbocycles. The number of hydrogen-bond donors (Lipinski definition) is 1. The maximum Gasteiger partial charge on any atom is 0.303 e. The van der Waals surface area contributed by atoms with Crippen LogP contribution in [0.4, 0.5) is 8.78 Å². The Bertz CT molecular complexity index is 895. The molecule has 0 spiro atoms. The lowest BCUT2D eigenvalue weighted by Gasteiger charge is -2.16. The zero-order valence-corrected chi connectivity index (χ0v) is 15.5. The predicted molar refractivity (Wildman–Crippen MR) is 94.8 cm³/mol. The molecular formula is C18H16BrF2NO4. The van der Waals surface area contributed by atoms with Crippen molar-refractivity contribution in [2.45, 2.75) is 26.6 Å². The highest BCUT2D eigenvalue weighted by Crippen LogP contribution is 2.30. The Morgan fingerprint density at radius 3 is 2.69 bits per heavy atom. The van der Waals surface area contributed by atoms with Gasteiger partial charge in [-0.2, -0.15) is 0 Å². The molecule has 0 amide bonds. The molecule has 26 heavy (non-hydrogen) atoms. The lowest BCUT2D eigenvalue weighted by Crippen LogP contribution is -2.17. The van der Waals surface area contributed by atoms with Gasteiger partial charge in [0.25, 0.3) is 5.56 Å². The van der Waals surface area contributed by atoms with Crippen LogP contribution in [-0.2, 0) is 29.2 Å². The van der Waals surface area contributed by atoms with Gasteiger partial charge in [0, 0.05) is 24.1 Å². The zero-order chi connectivity index (χ0) is 19.3. The molecule has 1 aromatic carbocycles. The number of H-pyrrole nitrogens is 1. The van der Waals surface area contributed by atoms with E-state index >= 15 is 0 Å². The van der Waals surface area contributed by atoms with E-state index in [9.17, 15) is 18.4 Å². The lowest BCUT2D eigenvalue weighted by atomic mass is 10.1. The van der Waals surface area contributed by atoms with Crippen molar-refractivity contribution in [1.29, 1.82) is 0 Å². The Morgan fingerprint density at radius 1 is 1.35 bits per heavy atom. The van der Waals surface area contributed by atoms with Crippen molar-refractivity contribution in [3.63, 3.8) is 0 Å². The molecule has 2 aromatic rings. The fourth-order valence-electron chi connectivity index (χ4n) is 2.24. The molecular weight excluding hydrogens is 412 g/mol. The van der Waals surface area contributed by atoms with Gasteiger partial charge in [-0.1, -0.05) is 6.08 Å². The van der Waals surface area contributed by atoms with Crippen LogP contribution in [-0.4, -0.2) is 11.0 Å². The number of aromatic amines is 1. The Balaban J connectivity index is 2.39. The summed E-state index contributed by atoms with van der Waals surface area (Å²) in [5.74, 6) is -1.77. The molecule has 5 nitrogen and oxygen atoms in total. The Labute approximate surface area is 156 Å². The number of carbonyl (C=O) groups is 1. The fraction of sp³-hybridized carbons (Fsp3) is 0.222. The summed E-state index contributed by atoms with van der Waals surface area (Å²) in [7, 11) is 0. The fourth-order valence-corrected chi connectivity index (χ4v) is 2.69. The van der Waals surface area contributed by atoms with Crippen molar-refractivity contribution in [2.24, 2.45) is 0 Å². The molecule has 2 rings (SSSR count). The average molecular weight is 428 g/mol. The van der Waals surface area contributed by atoms with Gasteiger partial charge < -0.3 is 14.5 Å². The molecule has 0 unspecified atom stereocenters. The number of aromatic nitrogens is 1. The van der Waals surface area contributed by atoms with Gasteiger partial charge in [-0.25, -0.2) is 8.78 Å². The van der Waals surface area contributed by atoms with E-state index in [0.29, 0.717) is 17.7 Å². The van der Waals surface area contributed by atoms with E-state index in [1.165, 1.54) is 13.0 Å². The second kappa shape index (κ2) is 8.75. The third kappa shape index (κ3) is 4.78. The average Bonchev–Trinajstić information content (AvgIpc) is 2.57. The van der Waals surface area contributed by atoms with Crippen LogP contribution >= 0.6 is 15.9 Å². The second-order valence-corrected chi connectivity index (χ2v) is 6.14. The van der Waals surface area contributed by atoms with E-state index in [1.54, 1.807) is 6.08 Å². The first-order chi connectivity index (χ1) is 12.3. The molecule has 138 valence electrons. The van der Waals surface area contributed by atoms with E-state index in [-0.39, 0.29) is 29.0 Å². The van der Waals surface area contributed by atoms with Gasteiger partial charge >= 0.3 is 5.97 Å². The number of allylic oxidation sites excluding steroid dienone is 1. The van der Waals surface area contributed by atoms with E-state index in [1.807, 2.05) is 0 Å². The van der Waals surface area contributed by atoms with Crippen molar-refractivity contribution >= 4 is 21.9 Å². The molecule has 0 atom stereocenters. The summed E-state index contributed by atoms with van der Waals surface area (Å²) < 4.78 is 37.5. The molecule has 0 aliphatic carbocycles. The molecule has 0 bridgehead atoms. The number of hydrogen-bond acceptors (Lipinski definition) is 4. The monoisotopic (exact) mass is 427 g/mol.